The van der Waals surface area contributed by atoms with Gasteiger partial charge in [-0.1, -0.05) is 6.92 Å². The van der Waals surface area contributed by atoms with E-state index in [-0.39, 0.29) is 11.5 Å². The van der Waals surface area contributed by atoms with Crippen molar-refractivity contribution >= 4 is 50.9 Å². The first-order chi connectivity index (χ1) is 21.9. The number of aliphatic hydroxyl groups is 2. The van der Waals surface area contributed by atoms with Crippen LogP contribution in [0.5, 0.6) is 0 Å². The van der Waals surface area contributed by atoms with Crippen LogP contribution >= 0.6 is 15.6 Å². The maximum Gasteiger partial charge on any atom is 0.472 e. The molecule has 0 saturated carbocycles. The third-order valence-corrected chi connectivity index (χ3v) is 9.79. The van der Waals surface area contributed by atoms with Crippen LogP contribution in [-0.4, -0.2) is 131 Å². The first kappa shape index (κ1) is 31.5. The van der Waals surface area contributed by atoms with E-state index in [2.05, 4.69) is 30.3 Å². The molecule has 5 aliphatic rings. The molecule has 2 aromatic rings. The summed E-state index contributed by atoms with van der Waals surface area (Å²) in [5, 5.41) is 32.2. The highest BCUT2D eigenvalue weighted by atomic mass is 31.2. The monoisotopic (exact) mass is 687 g/mol. The second kappa shape index (κ2) is 11.5. The van der Waals surface area contributed by atoms with Crippen LogP contribution in [-0.2, 0) is 47.9 Å². The number of hydrogen-bond donors (Lipinski definition) is 6. The number of nitrogens with one attached hydrogen (secondary N) is 2. The molecule has 6 N–H and O–H groups in total. The van der Waals surface area contributed by atoms with Gasteiger partial charge in [-0.05, 0) is 6.42 Å². The van der Waals surface area contributed by atoms with Gasteiger partial charge in [0.25, 0.3) is 5.91 Å². The number of guanidine groups is 1. The Bertz CT molecular complexity index is 1740. The summed E-state index contributed by atoms with van der Waals surface area (Å²) in [7, 11) is -10.2. The van der Waals surface area contributed by atoms with E-state index in [4.69, 9.17) is 33.0 Å². The number of aryl methyl sites for hydroxylation is 1. The summed E-state index contributed by atoms with van der Waals surface area (Å²) in [5.74, 6) is -1.28. The molecule has 7 heterocycles. The molecule has 3 fully saturated rings. The largest absolute Gasteiger partial charge is 0.472 e. The molecule has 1 amide bonds. The molecule has 2 aromatic heterocycles. The number of aromatic nitrogens is 4. The lowest BCUT2D eigenvalue weighted by Crippen LogP contribution is -2.53. The molecule has 22 nitrogen and oxygen atoms in total. The molecule has 0 spiro atoms. The van der Waals surface area contributed by atoms with Crippen LogP contribution < -0.4 is 5.32 Å². The van der Waals surface area contributed by atoms with Crippen LogP contribution in [0.1, 0.15) is 18.8 Å². The molecule has 5 aliphatic heterocycles. The van der Waals surface area contributed by atoms with Gasteiger partial charge in [0.15, 0.2) is 30.0 Å². The minimum absolute atomic E-state index is 0.0994. The van der Waals surface area contributed by atoms with E-state index in [1.165, 1.54) is 17.2 Å². The van der Waals surface area contributed by atoms with Crippen molar-refractivity contribution < 1.29 is 61.5 Å². The van der Waals surface area contributed by atoms with E-state index in [0.29, 0.717) is 17.6 Å². The molecule has 248 valence electrons. The molecule has 0 radical (unpaired) electrons. The van der Waals surface area contributed by atoms with Crippen molar-refractivity contribution in [3.63, 3.8) is 0 Å². The highest BCUT2D eigenvalue weighted by Crippen LogP contribution is 2.53. The number of nitrogens with zero attached hydrogens (tertiary/aromatic N) is 7. The average molecular weight is 687 g/mol. The van der Waals surface area contributed by atoms with Crippen LogP contribution in [0.2, 0.25) is 0 Å². The number of carbonyl (C=O) groups excluding carboxylic acids is 1. The van der Waals surface area contributed by atoms with E-state index in [0.717, 1.165) is 11.2 Å². The van der Waals surface area contributed by atoms with Gasteiger partial charge in [0.2, 0.25) is 5.96 Å². The first-order valence-electron chi connectivity index (χ1n) is 13.8. The Hall–Kier alpha value is -3.11. The Kier molecular flexibility index (Phi) is 7.90. The molecular formula is C22H27N9O13P2. The number of phosphoric acid groups is 2. The quantitative estimate of drug-likeness (QED) is 0.189. The SMILES string of the molecule is CCc1ncnc2c1ncn2[C@@H]1O[C@@H]2COP(=O)(O)O[C@@H]3[C@H](O)[C@@H](COP(=O)(O)O[C@H]2[C@H]1O)O[C@H]3N1C=NC2C(=O)NC(=N)N=C21. The maximum absolute atomic E-state index is 13.2. The maximum atomic E-state index is 13.2. The van der Waals surface area contributed by atoms with Gasteiger partial charge in [-0.15, -0.1) is 0 Å². The molecule has 3 unspecified atom stereocenters. The van der Waals surface area contributed by atoms with E-state index in [9.17, 15) is 33.9 Å². The highest BCUT2D eigenvalue weighted by Gasteiger charge is 2.56. The minimum Gasteiger partial charge on any atom is -0.387 e. The zero-order valence-corrected chi connectivity index (χ0v) is 25.3. The summed E-state index contributed by atoms with van der Waals surface area (Å²) >= 11 is 0. The lowest BCUT2D eigenvalue weighted by Gasteiger charge is -2.31. The Labute approximate surface area is 257 Å². The lowest BCUT2D eigenvalue weighted by atomic mass is 10.1. The number of aliphatic hydroxyl groups excluding tert-OH is 2. The first-order valence-corrected chi connectivity index (χ1v) is 16.8. The normalized spacial score (nSPS) is 41.4. The number of hydrogen-bond acceptors (Lipinski definition) is 17. The van der Waals surface area contributed by atoms with Crippen LogP contribution in [0, 0.1) is 5.41 Å². The number of imidazole rings is 1. The number of phosphoric ester groups is 2. The summed E-state index contributed by atoms with van der Waals surface area (Å²) in [5.41, 5.74) is 1.33. The van der Waals surface area contributed by atoms with Crippen molar-refractivity contribution in [3.8, 4) is 0 Å². The Balaban J connectivity index is 1.17. The van der Waals surface area contributed by atoms with E-state index in [1.807, 2.05) is 6.92 Å². The Morgan fingerprint density at radius 1 is 1.00 bits per heavy atom. The summed E-state index contributed by atoms with van der Waals surface area (Å²) in [6.45, 7) is 0.243. The van der Waals surface area contributed by atoms with Crippen LogP contribution in [0.3, 0.4) is 0 Å². The van der Waals surface area contributed by atoms with Crippen molar-refractivity contribution in [1.29, 1.82) is 5.41 Å². The minimum atomic E-state index is -5.11. The molecule has 0 aromatic carbocycles. The van der Waals surface area contributed by atoms with Gasteiger partial charge in [0, 0.05) is 0 Å². The van der Waals surface area contributed by atoms with Crippen LogP contribution in [0.25, 0.3) is 11.2 Å². The molecule has 3 saturated heterocycles. The van der Waals surface area contributed by atoms with E-state index in [1.54, 1.807) is 0 Å². The summed E-state index contributed by atoms with van der Waals surface area (Å²) < 4.78 is 60.3. The van der Waals surface area contributed by atoms with Gasteiger partial charge in [-0.2, -0.15) is 4.99 Å². The molecule has 46 heavy (non-hydrogen) atoms. The topological polar surface area (TPSA) is 295 Å². The number of ether oxygens (including phenoxy) is 2. The van der Waals surface area contributed by atoms with E-state index >= 15 is 0 Å². The van der Waals surface area contributed by atoms with Gasteiger partial charge < -0.3 is 29.5 Å². The third-order valence-electron chi connectivity index (χ3n) is 7.82. The molecule has 2 bridgehead atoms. The second-order valence-corrected chi connectivity index (χ2v) is 13.5. The van der Waals surface area contributed by atoms with Crippen LogP contribution in [0.15, 0.2) is 22.6 Å². The van der Waals surface area contributed by atoms with Crippen LogP contribution in [0.4, 0.5) is 0 Å². The fourth-order valence-electron chi connectivity index (χ4n) is 5.69. The third kappa shape index (κ3) is 5.49. The molecule has 7 rings (SSSR count). The predicted octanol–water partition coefficient (Wildman–Crippen LogP) is -2.07. The number of amidine groups is 1. The lowest BCUT2D eigenvalue weighted by molar-refractivity contribution is -0.119. The smallest absolute Gasteiger partial charge is 0.387 e. The number of carbonyl (C=O) groups is 1. The second-order valence-electron chi connectivity index (χ2n) is 10.7. The summed E-state index contributed by atoms with van der Waals surface area (Å²) in [6.07, 6.45) is -8.25. The average Bonchev–Trinajstić information content (AvgIpc) is 3.76. The molecule has 11 atom stereocenters. The summed E-state index contributed by atoms with van der Waals surface area (Å²) in [6, 6.07) is -1.18. The number of rotatable bonds is 3. The van der Waals surface area contributed by atoms with Crippen molar-refractivity contribution in [2.24, 2.45) is 9.98 Å². The van der Waals surface area contributed by atoms with Crippen molar-refractivity contribution in [2.45, 2.75) is 68.5 Å². The van der Waals surface area contributed by atoms with Crippen molar-refractivity contribution in [3.05, 3.63) is 18.3 Å². The zero-order chi connectivity index (χ0) is 32.5. The Morgan fingerprint density at radius 2 is 1.70 bits per heavy atom. The standard InChI is InChI=1S/C22H27N9O13P2/c1-2-8-11-17(25-5-24-8)30(6-26-11)20-14(33)15-10(42-20)4-40-46(37,38)44-16-13(32)9(3-39-45(35,36)43-15)41-21(16)31-7-27-12-18(31)28-22(23)29-19(12)34/h5-7,9-10,12-16,20-21,32-33H,2-4H2,1H3,(H,35,36)(H,37,38)(H2,23,29,34)/t9-,10-,12?,13-,14-,15-,16-,20-,21-/m1/s1. The Morgan fingerprint density at radius 3 is 2.43 bits per heavy atom. The van der Waals surface area contributed by atoms with Crippen molar-refractivity contribution in [2.75, 3.05) is 13.2 Å². The molecule has 0 aliphatic carbocycles. The van der Waals surface area contributed by atoms with Crippen molar-refractivity contribution in [1.82, 2.24) is 29.7 Å². The van der Waals surface area contributed by atoms with Gasteiger partial charge in [0.05, 0.1) is 31.6 Å². The fourth-order valence-corrected chi connectivity index (χ4v) is 7.59. The van der Waals surface area contributed by atoms with Gasteiger partial charge >= 0.3 is 15.6 Å². The van der Waals surface area contributed by atoms with E-state index < -0.39 is 95.8 Å². The molecule has 24 heteroatoms. The number of aliphatic imine (C=N–C) groups is 2. The van der Waals surface area contributed by atoms with Gasteiger partial charge in [-0.25, -0.2) is 24.1 Å². The predicted molar refractivity (Wildman–Crippen MR) is 148 cm³/mol. The molecular weight excluding hydrogens is 660 g/mol. The van der Waals surface area contributed by atoms with Gasteiger partial charge in [0.1, 0.15) is 48.5 Å². The highest BCUT2D eigenvalue weighted by molar-refractivity contribution is 7.47. The van der Waals surface area contributed by atoms with Gasteiger partial charge in [-0.3, -0.25) is 48.1 Å². The number of fused-ring (bicyclic) bond motifs is 5. The number of amides is 1. The zero-order valence-electron chi connectivity index (χ0n) is 23.5. The summed E-state index contributed by atoms with van der Waals surface area (Å²) in [4.78, 5) is 55.4. The fraction of sp³-hybridized carbons (Fsp3) is 0.591.